The molecule has 0 radical (unpaired) electrons. The molecule has 4 nitrogen and oxygen atoms in total. The van der Waals surface area contributed by atoms with E-state index in [4.69, 9.17) is 5.11 Å². The molecule has 6 heteroatoms. The van der Waals surface area contributed by atoms with Gasteiger partial charge in [0.05, 0.1) is 15.9 Å². The van der Waals surface area contributed by atoms with Crippen LogP contribution < -0.4 is 0 Å². The Bertz CT molecular complexity index is 429. The van der Waals surface area contributed by atoms with Crippen LogP contribution in [0.1, 0.15) is 32.2 Å². The molecule has 0 atom stereocenters. The van der Waals surface area contributed by atoms with Crippen molar-refractivity contribution in [2.24, 2.45) is 7.05 Å². The lowest BCUT2D eigenvalue weighted by Gasteiger charge is -2.18. The topological polar surface area (TPSA) is 55.1 Å². The predicted molar refractivity (Wildman–Crippen MR) is 73.3 cm³/mol. The second kappa shape index (κ2) is 5.44. The number of aromatic nitrogens is 2. The highest BCUT2D eigenvalue weighted by Crippen LogP contribution is 2.32. The summed E-state index contributed by atoms with van der Waals surface area (Å²) in [5.74, 6) is -0.167. The Balaban J connectivity index is 2.83. The largest absolute Gasteiger partial charge is 0.480 e. The smallest absolute Gasteiger partial charge is 0.319 e. The van der Waals surface area contributed by atoms with Crippen LogP contribution in [0.4, 0.5) is 0 Å². The van der Waals surface area contributed by atoms with Crippen molar-refractivity contribution in [1.82, 2.24) is 9.78 Å². The lowest BCUT2D eigenvalue weighted by atomic mass is 10.2. The van der Waals surface area contributed by atoms with Gasteiger partial charge in [0, 0.05) is 12.8 Å². The number of carboxylic acid groups (broad SMARTS) is 1. The number of carboxylic acids is 1. The van der Waals surface area contributed by atoms with Gasteiger partial charge in [0.25, 0.3) is 0 Å². The van der Waals surface area contributed by atoms with Gasteiger partial charge in [-0.1, -0.05) is 6.92 Å². The van der Waals surface area contributed by atoms with Crippen molar-refractivity contribution in [3.05, 3.63) is 15.9 Å². The first-order valence-corrected chi connectivity index (χ1v) is 7.15. The van der Waals surface area contributed by atoms with Crippen molar-refractivity contribution >= 4 is 33.7 Å². The molecule has 1 N–H and O–H groups in total. The summed E-state index contributed by atoms with van der Waals surface area (Å²) >= 11 is 4.92. The molecule has 0 saturated heterocycles. The summed E-state index contributed by atoms with van der Waals surface area (Å²) in [4.78, 5) is 11.0. The van der Waals surface area contributed by atoms with Crippen molar-refractivity contribution in [2.75, 3.05) is 0 Å². The quantitative estimate of drug-likeness (QED) is 0.906. The Morgan fingerprint density at radius 2 is 2.18 bits per heavy atom. The fraction of sp³-hybridized carbons (Fsp3) is 0.636. The maximum atomic E-state index is 11.0. The van der Waals surface area contributed by atoms with Crippen molar-refractivity contribution in [3.63, 3.8) is 0 Å². The highest BCUT2D eigenvalue weighted by Gasteiger charge is 2.28. The molecule has 0 amide bonds. The lowest BCUT2D eigenvalue weighted by molar-refractivity contribution is -0.138. The van der Waals surface area contributed by atoms with E-state index < -0.39 is 10.7 Å². The second-order valence-corrected chi connectivity index (χ2v) is 6.68. The van der Waals surface area contributed by atoms with Crippen LogP contribution in [0, 0.1) is 0 Å². The Labute approximate surface area is 114 Å². The molecule has 0 aromatic carbocycles. The van der Waals surface area contributed by atoms with E-state index in [0.717, 1.165) is 22.3 Å². The summed E-state index contributed by atoms with van der Waals surface area (Å²) in [6.45, 7) is 5.47. The number of carbonyl (C=O) groups is 1. The molecule has 17 heavy (non-hydrogen) atoms. The Morgan fingerprint density at radius 3 is 2.59 bits per heavy atom. The first-order valence-electron chi connectivity index (χ1n) is 5.37. The van der Waals surface area contributed by atoms with E-state index in [1.54, 1.807) is 13.8 Å². The van der Waals surface area contributed by atoms with Gasteiger partial charge in [0.15, 0.2) is 0 Å². The van der Waals surface area contributed by atoms with Crippen molar-refractivity contribution in [2.45, 2.75) is 37.7 Å². The average Bonchev–Trinajstić information content (AvgIpc) is 2.51. The summed E-state index contributed by atoms with van der Waals surface area (Å²) < 4.78 is 2.03. The molecule has 0 aliphatic carbocycles. The highest BCUT2D eigenvalue weighted by atomic mass is 79.9. The van der Waals surface area contributed by atoms with Gasteiger partial charge in [-0.3, -0.25) is 9.48 Å². The molecule has 0 bridgehead atoms. The van der Waals surface area contributed by atoms with Crippen LogP contribution in [0.15, 0.2) is 4.47 Å². The Hall–Kier alpha value is -0.490. The third kappa shape index (κ3) is 3.25. The van der Waals surface area contributed by atoms with Crippen LogP contribution in [-0.2, 0) is 24.0 Å². The van der Waals surface area contributed by atoms with Crippen molar-refractivity contribution < 1.29 is 9.90 Å². The van der Waals surface area contributed by atoms with E-state index in [1.807, 2.05) is 18.7 Å². The second-order valence-electron chi connectivity index (χ2n) is 4.29. The van der Waals surface area contributed by atoms with Crippen molar-refractivity contribution in [1.29, 1.82) is 0 Å². The monoisotopic (exact) mass is 320 g/mol. The SMILES string of the molecule is CCc1nn(C)c(CSC(C)(C)C(=O)O)c1Br. The van der Waals surface area contributed by atoms with Gasteiger partial charge >= 0.3 is 5.97 Å². The number of hydrogen-bond donors (Lipinski definition) is 1. The van der Waals surface area contributed by atoms with Gasteiger partial charge in [0.2, 0.25) is 0 Å². The minimum absolute atomic E-state index is 0.628. The minimum Gasteiger partial charge on any atom is -0.480 e. The van der Waals surface area contributed by atoms with Crippen LogP contribution in [0.5, 0.6) is 0 Å². The van der Waals surface area contributed by atoms with Crippen LogP contribution in [0.25, 0.3) is 0 Å². The first-order chi connectivity index (χ1) is 7.79. The summed E-state index contributed by atoms with van der Waals surface area (Å²) in [5.41, 5.74) is 2.04. The number of thioether (sulfide) groups is 1. The molecule has 0 fully saturated rings. The molecule has 0 spiro atoms. The molecule has 0 aliphatic heterocycles. The molecule has 1 heterocycles. The molecular formula is C11H17BrN2O2S. The zero-order valence-corrected chi connectivity index (χ0v) is 12.9. The zero-order chi connectivity index (χ0) is 13.2. The molecular weight excluding hydrogens is 304 g/mol. The number of aliphatic carboxylic acids is 1. The van der Waals surface area contributed by atoms with Crippen LogP contribution in [-0.4, -0.2) is 25.6 Å². The molecule has 0 saturated carbocycles. The average molecular weight is 321 g/mol. The third-order valence-corrected chi connectivity index (χ3v) is 4.82. The van der Waals surface area contributed by atoms with Crippen LogP contribution in [0.2, 0.25) is 0 Å². The van der Waals surface area contributed by atoms with Crippen LogP contribution in [0.3, 0.4) is 0 Å². The number of hydrogen-bond acceptors (Lipinski definition) is 3. The van der Waals surface area contributed by atoms with E-state index in [-0.39, 0.29) is 0 Å². The zero-order valence-electron chi connectivity index (χ0n) is 10.5. The van der Waals surface area contributed by atoms with Gasteiger partial charge in [-0.15, -0.1) is 11.8 Å². The standard InChI is InChI=1S/C11H17BrN2O2S/c1-5-7-9(12)8(14(4)13-7)6-17-11(2,3)10(15)16/h5-6H2,1-4H3,(H,15,16). The predicted octanol–water partition coefficient (Wildman–Crippen LogP) is 2.84. The van der Waals surface area contributed by atoms with Gasteiger partial charge in [-0.05, 0) is 36.2 Å². The Kier molecular flexibility index (Phi) is 4.66. The van der Waals surface area contributed by atoms with Gasteiger partial charge in [-0.2, -0.15) is 5.10 Å². The molecule has 1 aromatic heterocycles. The highest BCUT2D eigenvalue weighted by molar-refractivity contribution is 9.10. The summed E-state index contributed by atoms with van der Waals surface area (Å²) in [7, 11) is 1.88. The van der Waals surface area contributed by atoms with E-state index >= 15 is 0 Å². The Morgan fingerprint density at radius 1 is 1.59 bits per heavy atom. The molecule has 1 aromatic rings. The summed E-state index contributed by atoms with van der Waals surface area (Å²) in [5, 5.41) is 13.4. The number of aryl methyl sites for hydroxylation is 2. The number of nitrogens with zero attached hydrogens (tertiary/aromatic N) is 2. The summed E-state index contributed by atoms with van der Waals surface area (Å²) in [6, 6.07) is 0. The fourth-order valence-electron chi connectivity index (χ4n) is 1.29. The lowest BCUT2D eigenvalue weighted by Crippen LogP contribution is -2.27. The fourth-order valence-corrected chi connectivity index (χ4v) is 3.18. The molecule has 1 rings (SSSR count). The first kappa shape index (κ1) is 14.6. The maximum absolute atomic E-state index is 11.0. The van der Waals surface area contributed by atoms with E-state index in [1.165, 1.54) is 11.8 Å². The molecule has 0 unspecified atom stereocenters. The van der Waals surface area contributed by atoms with Crippen molar-refractivity contribution in [3.8, 4) is 0 Å². The molecule has 96 valence electrons. The van der Waals surface area contributed by atoms with E-state index in [9.17, 15) is 4.79 Å². The third-order valence-electron chi connectivity index (χ3n) is 2.59. The molecule has 0 aliphatic rings. The minimum atomic E-state index is -0.795. The van der Waals surface area contributed by atoms with E-state index in [0.29, 0.717) is 5.75 Å². The van der Waals surface area contributed by atoms with Crippen LogP contribution >= 0.6 is 27.7 Å². The van der Waals surface area contributed by atoms with Gasteiger partial charge in [0.1, 0.15) is 4.75 Å². The van der Waals surface area contributed by atoms with Gasteiger partial charge in [-0.25, -0.2) is 0 Å². The maximum Gasteiger partial charge on any atom is 0.319 e. The number of halogens is 1. The van der Waals surface area contributed by atoms with E-state index in [2.05, 4.69) is 21.0 Å². The normalized spacial score (nSPS) is 11.8. The van der Waals surface area contributed by atoms with Gasteiger partial charge < -0.3 is 5.11 Å². The summed E-state index contributed by atoms with van der Waals surface area (Å²) in [6.07, 6.45) is 0.863. The number of rotatable bonds is 5.